The number of carbonyl (C=O) groups is 1. The van der Waals surface area contributed by atoms with Crippen LogP contribution in [-0.2, 0) is 24.7 Å². The number of hydrogen-bond donors (Lipinski definition) is 1. The second-order valence-electron chi connectivity index (χ2n) is 10.00. The quantitative estimate of drug-likeness (QED) is 0.384. The third-order valence-electron chi connectivity index (χ3n) is 6.50. The van der Waals surface area contributed by atoms with Gasteiger partial charge in [0.2, 0.25) is 0 Å². The normalized spacial score (nSPS) is 20.3. The van der Waals surface area contributed by atoms with Crippen LogP contribution in [0.15, 0.2) is 12.4 Å². The highest BCUT2D eigenvalue weighted by atomic mass is 32.1. The highest BCUT2D eigenvalue weighted by Crippen LogP contribution is 2.35. The topological polar surface area (TPSA) is 81.5 Å². The van der Waals surface area contributed by atoms with Crippen LogP contribution in [0.4, 0.5) is 13.2 Å². The summed E-state index contributed by atoms with van der Waals surface area (Å²) >= 11 is 1.31. The molecule has 12 heteroatoms. The van der Waals surface area contributed by atoms with Gasteiger partial charge in [-0.1, -0.05) is 18.3 Å². The van der Waals surface area contributed by atoms with Crippen LogP contribution in [0, 0.1) is 0 Å². The minimum Gasteiger partial charge on any atom is -0.480 e. The van der Waals surface area contributed by atoms with Crippen molar-refractivity contribution in [2.45, 2.75) is 76.4 Å². The number of aromatic nitrogens is 3. The number of likely N-dealkylation sites (N-methyl/N-ethyl adjacent to an activating group) is 1. The molecule has 1 amide bonds. The van der Waals surface area contributed by atoms with Gasteiger partial charge in [-0.25, -0.2) is 18.2 Å². The lowest BCUT2D eigenvalue weighted by atomic mass is 9.81. The molecule has 1 aliphatic carbocycles. The number of nitrogens with one attached hydrogen (secondary N) is 1. The largest absolute Gasteiger partial charge is 0.480 e. The van der Waals surface area contributed by atoms with E-state index >= 15 is 4.39 Å². The van der Waals surface area contributed by atoms with E-state index in [1.165, 1.54) is 11.3 Å². The van der Waals surface area contributed by atoms with Gasteiger partial charge >= 0.3 is 0 Å². The predicted molar refractivity (Wildman–Crippen MR) is 136 cm³/mol. The zero-order valence-electron chi connectivity index (χ0n) is 22.1. The second kappa shape index (κ2) is 12.9. The third-order valence-corrected chi connectivity index (χ3v) is 7.65. The molecule has 0 atom stereocenters. The Kier molecular flexibility index (Phi) is 10.2. The lowest BCUT2D eigenvalue weighted by Crippen LogP contribution is -2.44. The standard InChI is InChI=1S/C25H38F3N5O3S/c1-5-21-20(31-23(37-21)36-17-24(2,26)27)8-12-32(3)13-11-25(28)9-6-18(7-10-25)30-22(34)16-35-19-14-29-33(4)15-19/h14-15,18H,5-13,16-17H2,1-4H3,(H,30,34). The summed E-state index contributed by atoms with van der Waals surface area (Å²) in [6.45, 7) is 3.32. The number of halogens is 3. The number of alkyl halides is 3. The number of thiazole rings is 1. The maximum Gasteiger partial charge on any atom is 0.278 e. The summed E-state index contributed by atoms with van der Waals surface area (Å²) in [5.74, 6) is -2.59. The minimum absolute atomic E-state index is 0.0483. The molecule has 1 aliphatic rings. The van der Waals surface area contributed by atoms with Gasteiger partial charge in [-0.2, -0.15) is 5.10 Å². The molecule has 2 heterocycles. The Labute approximate surface area is 220 Å². The molecule has 0 radical (unpaired) electrons. The molecule has 2 aromatic heterocycles. The molecule has 1 fully saturated rings. The molecule has 3 rings (SSSR count). The van der Waals surface area contributed by atoms with Crippen molar-refractivity contribution in [1.82, 2.24) is 25.0 Å². The maximum atomic E-state index is 15.4. The molecular formula is C25H38F3N5O3S. The van der Waals surface area contributed by atoms with Crippen LogP contribution in [0.1, 0.15) is 56.5 Å². The smallest absolute Gasteiger partial charge is 0.278 e. The number of rotatable bonds is 14. The van der Waals surface area contributed by atoms with Crippen molar-refractivity contribution in [2.24, 2.45) is 7.05 Å². The monoisotopic (exact) mass is 545 g/mol. The van der Waals surface area contributed by atoms with Crippen LogP contribution < -0.4 is 14.8 Å². The summed E-state index contributed by atoms with van der Waals surface area (Å²) in [7, 11) is 3.72. The Balaban J connectivity index is 1.35. The zero-order valence-corrected chi connectivity index (χ0v) is 22.9. The molecule has 0 spiro atoms. The molecule has 0 saturated heterocycles. The van der Waals surface area contributed by atoms with Crippen LogP contribution in [0.5, 0.6) is 10.9 Å². The average Bonchev–Trinajstić information content (AvgIpc) is 3.45. The van der Waals surface area contributed by atoms with Gasteiger partial charge in [0.05, 0.1) is 18.1 Å². The van der Waals surface area contributed by atoms with Crippen LogP contribution in [0.25, 0.3) is 0 Å². The summed E-state index contributed by atoms with van der Waals surface area (Å²) in [5.41, 5.74) is -0.393. The van der Waals surface area contributed by atoms with E-state index in [-0.39, 0.29) is 23.7 Å². The van der Waals surface area contributed by atoms with E-state index in [9.17, 15) is 13.6 Å². The Morgan fingerprint density at radius 1 is 1.32 bits per heavy atom. The Hall–Kier alpha value is -2.34. The number of nitrogens with zero attached hydrogens (tertiary/aromatic N) is 4. The van der Waals surface area contributed by atoms with Crippen LogP contribution in [0.2, 0.25) is 0 Å². The third kappa shape index (κ3) is 9.81. The number of ether oxygens (including phenoxy) is 2. The van der Waals surface area contributed by atoms with E-state index in [2.05, 4.69) is 20.3 Å². The van der Waals surface area contributed by atoms with Crippen molar-refractivity contribution in [1.29, 1.82) is 0 Å². The molecule has 8 nitrogen and oxygen atoms in total. The van der Waals surface area contributed by atoms with Crippen LogP contribution in [0.3, 0.4) is 0 Å². The van der Waals surface area contributed by atoms with E-state index in [1.54, 1.807) is 24.1 Å². The average molecular weight is 546 g/mol. The highest BCUT2D eigenvalue weighted by Gasteiger charge is 2.35. The molecule has 208 valence electrons. The van der Waals surface area contributed by atoms with Gasteiger partial charge < -0.3 is 19.7 Å². The molecule has 37 heavy (non-hydrogen) atoms. The summed E-state index contributed by atoms with van der Waals surface area (Å²) in [5, 5.41) is 7.20. The van der Waals surface area contributed by atoms with Crippen molar-refractivity contribution in [3.8, 4) is 10.9 Å². The summed E-state index contributed by atoms with van der Waals surface area (Å²) < 4.78 is 53.8. The van der Waals surface area contributed by atoms with Crippen LogP contribution in [-0.4, -0.2) is 76.6 Å². The van der Waals surface area contributed by atoms with Crippen molar-refractivity contribution in [3.05, 3.63) is 23.0 Å². The van der Waals surface area contributed by atoms with Gasteiger partial charge in [0.1, 0.15) is 5.67 Å². The van der Waals surface area contributed by atoms with Gasteiger partial charge in [0.25, 0.3) is 17.0 Å². The molecule has 0 aromatic carbocycles. The zero-order chi connectivity index (χ0) is 27.1. The first-order chi connectivity index (χ1) is 17.4. The summed E-state index contributed by atoms with van der Waals surface area (Å²) in [4.78, 5) is 19.7. The van der Waals surface area contributed by atoms with Gasteiger partial charge in [-0.15, -0.1) is 0 Å². The van der Waals surface area contributed by atoms with Crippen molar-refractivity contribution in [2.75, 3.05) is 33.4 Å². The molecule has 1 N–H and O–H groups in total. The minimum atomic E-state index is -2.90. The number of hydrogen-bond acceptors (Lipinski definition) is 7. The van der Waals surface area contributed by atoms with E-state index in [0.29, 0.717) is 57.4 Å². The van der Waals surface area contributed by atoms with Gasteiger partial charge in [-0.3, -0.25) is 9.48 Å². The van der Waals surface area contributed by atoms with Crippen molar-refractivity contribution < 1.29 is 27.4 Å². The molecule has 1 saturated carbocycles. The van der Waals surface area contributed by atoms with E-state index in [4.69, 9.17) is 9.47 Å². The fourth-order valence-corrected chi connectivity index (χ4v) is 5.20. The fourth-order valence-electron chi connectivity index (χ4n) is 4.30. The Morgan fingerprint density at radius 2 is 2.05 bits per heavy atom. The first-order valence-corrected chi connectivity index (χ1v) is 13.5. The van der Waals surface area contributed by atoms with Crippen LogP contribution >= 0.6 is 11.3 Å². The lowest BCUT2D eigenvalue weighted by molar-refractivity contribution is -0.124. The first-order valence-electron chi connectivity index (χ1n) is 12.7. The van der Waals surface area contributed by atoms with E-state index in [1.807, 2.05) is 14.0 Å². The van der Waals surface area contributed by atoms with Gasteiger partial charge in [0.15, 0.2) is 19.0 Å². The molecule has 0 unspecified atom stereocenters. The van der Waals surface area contributed by atoms with Crippen molar-refractivity contribution >= 4 is 17.2 Å². The number of aryl methyl sites for hydroxylation is 2. The fraction of sp³-hybridized carbons (Fsp3) is 0.720. The first kappa shape index (κ1) is 29.2. The highest BCUT2D eigenvalue weighted by molar-refractivity contribution is 7.13. The summed E-state index contributed by atoms with van der Waals surface area (Å²) in [6, 6.07) is -0.0483. The van der Waals surface area contributed by atoms with Gasteiger partial charge in [-0.05, 0) is 45.6 Å². The number of amides is 1. The predicted octanol–water partition coefficient (Wildman–Crippen LogP) is 4.18. The molecule has 2 aromatic rings. The number of carbonyl (C=O) groups excluding carboxylic acids is 1. The SMILES string of the molecule is CCc1sc(OCC(C)(F)F)nc1CCN(C)CCC1(F)CCC(NC(=O)COc2cnn(C)c2)CC1. The van der Waals surface area contributed by atoms with E-state index in [0.717, 1.165) is 23.9 Å². The molecular weight excluding hydrogens is 507 g/mol. The lowest BCUT2D eigenvalue weighted by Gasteiger charge is -2.35. The Morgan fingerprint density at radius 3 is 2.68 bits per heavy atom. The molecule has 0 bridgehead atoms. The van der Waals surface area contributed by atoms with Crippen molar-refractivity contribution in [3.63, 3.8) is 0 Å². The van der Waals surface area contributed by atoms with Gasteiger partial charge in [0, 0.05) is 44.4 Å². The maximum absolute atomic E-state index is 15.4. The summed E-state index contributed by atoms with van der Waals surface area (Å²) in [6.07, 6.45) is 7.06. The Bertz CT molecular complexity index is 1000. The molecule has 0 aliphatic heterocycles. The van der Waals surface area contributed by atoms with E-state index < -0.39 is 18.2 Å². The second-order valence-corrected chi connectivity index (χ2v) is 11.0.